The molecule has 1 aliphatic heterocycles. The second kappa shape index (κ2) is 6.12. The van der Waals surface area contributed by atoms with Gasteiger partial charge in [-0.2, -0.15) is 0 Å². The van der Waals surface area contributed by atoms with Gasteiger partial charge in [0.1, 0.15) is 13.2 Å². The van der Waals surface area contributed by atoms with Gasteiger partial charge < -0.3 is 19.9 Å². The third kappa shape index (κ3) is 3.11. The molecule has 0 spiro atoms. The van der Waals surface area contributed by atoms with Crippen LogP contribution >= 0.6 is 11.6 Å². The summed E-state index contributed by atoms with van der Waals surface area (Å²) in [5.74, 6) is 0.652. The predicted octanol–water partition coefficient (Wildman–Crippen LogP) is 1.61. The molecule has 2 N–H and O–H groups in total. The molecule has 0 fully saturated rings. The number of fused-ring (bicyclic) bond motifs is 1. The maximum Gasteiger partial charge on any atom is 0.251 e. The third-order valence-electron chi connectivity index (χ3n) is 2.91. The highest BCUT2D eigenvalue weighted by molar-refractivity contribution is 6.32. The average molecular weight is 286 g/mol. The molecular formula is C13H16ClNO4. The van der Waals surface area contributed by atoms with Gasteiger partial charge in [-0.3, -0.25) is 4.79 Å². The minimum absolute atomic E-state index is 0.0967. The molecule has 0 unspecified atom stereocenters. The molecular weight excluding hydrogens is 270 g/mol. The second-order valence-corrected chi connectivity index (χ2v) is 4.65. The van der Waals surface area contributed by atoms with Gasteiger partial charge in [0, 0.05) is 5.56 Å². The number of ether oxygens (including phenoxy) is 2. The van der Waals surface area contributed by atoms with Crippen molar-refractivity contribution >= 4 is 17.5 Å². The summed E-state index contributed by atoms with van der Waals surface area (Å²) in [5.41, 5.74) is 0.390. The lowest BCUT2D eigenvalue weighted by molar-refractivity contribution is 0.0913. The fourth-order valence-electron chi connectivity index (χ4n) is 1.79. The van der Waals surface area contributed by atoms with Gasteiger partial charge in [-0.15, -0.1) is 0 Å². The number of nitrogens with one attached hydrogen (secondary N) is 1. The van der Waals surface area contributed by atoms with Crippen LogP contribution in [0.25, 0.3) is 0 Å². The SMILES string of the molecule is CC[C@@H](CO)NC(=O)c1cc(Cl)c2c(c1)OCCO2. The van der Waals surface area contributed by atoms with Crippen LogP contribution in [-0.2, 0) is 0 Å². The second-order valence-electron chi connectivity index (χ2n) is 4.24. The first-order valence-electron chi connectivity index (χ1n) is 6.16. The molecule has 1 atom stereocenters. The van der Waals surface area contributed by atoms with E-state index >= 15 is 0 Å². The molecule has 104 valence electrons. The molecule has 1 aliphatic rings. The number of halogens is 1. The van der Waals surface area contributed by atoms with Gasteiger partial charge in [0.2, 0.25) is 0 Å². The van der Waals surface area contributed by atoms with Crippen LogP contribution in [0, 0.1) is 0 Å². The monoisotopic (exact) mass is 285 g/mol. The minimum atomic E-state index is -0.292. The summed E-state index contributed by atoms with van der Waals surface area (Å²) in [6.45, 7) is 2.67. The molecule has 6 heteroatoms. The number of aliphatic hydroxyl groups is 1. The number of carbonyl (C=O) groups excluding carboxylic acids is 1. The van der Waals surface area contributed by atoms with E-state index in [1.165, 1.54) is 6.07 Å². The van der Waals surface area contributed by atoms with Crippen molar-refractivity contribution in [1.82, 2.24) is 5.32 Å². The van der Waals surface area contributed by atoms with E-state index in [0.717, 1.165) is 0 Å². The van der Waals surface area contributed by atoms with Gasteiger partial charge in [-0.05, 0) is 18.6 Å². The predicted molar refractivity (Wildman–Crippen MR) is 71.1 cm³/mol. The van der Waals surface area contributed by atoms with Crippen LogP contribution in [0.2, 0.25) is 5.02 Å². The molecule has 0 saturated carbocycles. The van der Waals surface area contributed by atoms with Crippen LogP contribution in [0.15, 0.2) is 12.1 Å². The lowest BCUT2D eigenvalue weighted by atomic mass is 10.1. The van der Waals surface area contributed by atoms with Gasteiger partial charge >= 0.3 is 0 Å². The molecule has 2 rings (SSSR count). The fourth-order valence-corrected chi connectivity index (χ4v) is 2.05. The molecule has 1 amide bonds. The lowest BCUT2D eigenvalue weighted by Crippen LogP contribution is -2.37. The zero-order valence-corrected chi connectivity index (χ0v) is 11.4. The Morgan fingerprint density at radius 2 is 2.21 bits per heavy atom. The fraction of sp³-hybridized carbons (Fsp3) is 0.462. The van der Waals surface area contributed by atoms with Crippen molar-refractivity contribution in [3.05, 3.63) is 22.7 Å². The quantitative estimate of drug-likeness (QED) is 0.882. The molecule has 1 aromatic carbocycles. The summed E-state index contributed by atoms with van der Waals surface area (Å²) in [6, 6.07) is 2.87. The third-order valence-corrected chi connectivity index (χ3v) is 3.19. The average Bonchev–Trinajstić information content (AvgIpc) is 2.44. The number of benzene rings is 1. The Morgan fingerprint density at radius 3 is 2.89 bits per heavy atom. The zero-order valence-electron chi connectivity index (χ0n) is 10.6. The van der Waals surface area contributed by atoms with Crippen LogP contribution in [0.4, 0.5) is 0 Å². The van der Waals surface area contributed by atoms with Crippen LogP contribution in [-0.4, -0.2) is 36.9 Å². The van der Waals surface area contributed by atoms with Gasteiger partial charge in [-0.25, -0.2) is 0 Å². The first-order chi connectivity index (χ1) is 9.15. The van der Waals surface area contributed by atoms with Gasteiger partial charge in [0.25, 0.3) is 5.91 Å². The van der Waals surface area contributed by atoms with E-state index in [4.69, 9.17) is 26.2 Å². The Bertz CT molecular complexity index is 474. The number of aliphatic hydroxyl groups excluding tert-OH is 1. The maximum atomic E-state index is 12.0. The lowest BCUT2D eigenvalue weighted by Gasteiger charge is -2.20. The summed E-state index contributed by atoms with van der Waals surface area (Å²) >= 11 is 6.06. The highest BCUT2D eigenvalue weighted by Crippen LogP contribution is 2.38. The molecule has 1 aromatic rings. The van der Waals surface area contributed by atoms with Crippen molar-refractivity contribution in [2.45, 2.75) is 19.4 Å². The number of carbonyl (C=O) groups is 1. The van der Waals surface area contributed by atoms with E-state index in [2.05, 4.69) is 5.32 Å². The Kier molecular flexibility index (Phi) is 4.50. The molecule has 5 nitrogen and oxygen atoms in total. The molecule has 19 heavy (non-hydrogen) atoms. The largest absolute Gasteiger partial charge is 0.486 e. The highest BCUT2D eigenvalue weighted by Gasteiger charge is 2.20. The van der Waals surface area contributed by atoms with E-state index in [1.54, 1.807) is 6.07 Å². The smallest absolute Gasteiger partial charge is 0.251 e. The van der Waals surface area contributed by atoms with Crippen LogP contribution in [0.1, 0.15) is 23.7 Å². The number of rotatable bonds is 4. The zero-order chi connectivity index (χ0) is 13.8. The van der Waals surface area contributed by atoms with Gasteiger partial charge in [0.05, 0.1) is 17.7 Å². The number of amides is 1. The summed E-state index contributed by atoms with van der Waals surface area (Å²) in [5, 5.41) is 12.2. The topological polar surface area (TPSA) is 67.8 Å². The van der Waals surface area contributed by atoms with Crippen molar-refractivity contribution in [2.24, 2.45) is 0 Å². The highest BCUT2D eigenvalue weighted by atomic mass is 35.5. The standard InChI is InChI=1S/C13H16ClNO4/c1-2-9(7-16)15-13(17)8-5-10(14)12-11(6-8)18-3-4-19-12/h5-6,9,16H,2-4,7H2,1H3,(H,15,17)/t9-/m0/s1. The Balaban J connectivity index is 2.21. The number of hydrogen-bond donors (Lipinski definition) is 2. The van der Waals surface area contributed by atoms with E-state index in [0.29, 0.717) is 41.7 Å². The molecule has 0 saturated heterocycles. The number of hydrogen-bond acceptors (Lipinski definition) is 4. The van der Waals surface area contributed by atoms with Gasteiger partial charge in [0.15, 0.2) is 11.5 Å². The Morgan fingerprint density at radius 1 is 1.47 bits per heavy atom. The van der Waals surface area contributed by atoms with E-state index in [-0.39, 0.29) is 18.6 Å². The molecule has 0 radical (unpaired) electrons. The van der Waals surface area contributed by atoms with E-state index in [9.17, 15) is 4.79 Å². The maximum absolute atomic E-state index is 12.0. The van der Waals surface area contributed by atoms with Crippen molar-refractivity contribution < 1.29 is 19.4 Å². The Labute approximate surface area is 116 Å². The van der Waals surface area contributed by atoms with Crippen molar-refractivity contribution in [3.8, 4) is 11.5 Å². The van der Waals surface area contributed by atoms with Crippen LogP contribution in [0.3, 0.4) is 0 Å². The van der Waals surface area contributed by atoms with Crippen LogP contribution < -0.4 is 14.8 Å². The van der Waals surface area contributed by atoms with E-state index < -0.39 is 0 Å². The minimum Gasteiger partial charge on any atom is -0.486 e. The summed E-state index contributed by atoms with van der Waals surface area (Å²) < 4.78 is 10.8. The Hall–Kier alpha value is -1.46. The first-order valence-corrected chi connectivity index (χ1v) is 6.54. The van der Waals surface area contributed by atoms with Crippen molar-refractivity contribution in [2.75, 3.05) is 19.8 Å². The normalized spacial score (nSPS) is 14.9. The summed E-state index contributed by atoms with van der Waals surface area (Å²) in [4.78, 5) is 12.0. The van der Waals surface area contributed by atoms with Gasteiger partial charge in [-0.1, -0.05) is 18.5 Å². The summed E-state index contributed by atoms with van der Waals surface area (Å²) in [7, 11) is 0. The molecule has 0 aromatic heterocycles. The van der Waals surface area contributed by atoms with Crippen molar-refractivity contribution in [3.63, 3.8) is 0 Å². The molecule has 1 heterocycles. The summed E-state index contributed by atoms with van der Waals surface area (Å²) in [6.07, 6.45) is 0.653. The first kappa shape index (κ1) is 14.0. The van der Waals surface area contributed by atoms with Crippen molar-refractivity contribution in [1.29, 1.82) is 0 Å². The van der Waals surface area contributed by atoms with E-state index in [1.807, 2.05) is 6.92 Å². The molecule has 0 aliphatic carbocycles. The van der Waals surface area contributed by atoms with Crippen LogP contribution in [0.5, 0.6) is 11.5 Å². The molecule has 0 bridgehead atoms.